The van der Waals surface area contributed by atoms with Crippen LogP contribution in [0.3, 0.4) is 0 Å². The zero-order valence-corrected chi connectivity index (χ0v) is 9.67. The predicted octanol–water partition coefficient (Wildman–Crippen LogP) is -0.138. The fourth-order valence-electron chi connectivity index (χ4n) is 1.26. The topological polar surface area (TPSA) is 99.3 Å². The summed E-state index contributed by atoms with van der Waals surface area (Å²) in [6.45, 7) is 2.30. The van der Waals surface area contributed by atoms with Crippen LogP contribution in [-0.4, -0.2) is 40.9 Å². The van der Waals surface area contributed by atoms with Crippen LogP contribution in [0.25, 0.3) is 0 Å². The zero-order chi connectivity index (χ0) is 12.8. The van der Waals surface area contributed by atoms with E-state index in [1.165, 1.54) is 24.9 Å². The van der Waals surface area contributed by atoms with Gasteiger partial charge in [0.25, 0.3) is 0 Å². The lowest BCUT2D eigenvalue weighted by Gasteiger charge is -2.03. The van der Waals surface area contributed by atoms with E-state index in [2.05, 4.69) is 10.4 Å². The number of hydrogen-bond donors (Lipinski definition) is 1. The number of amides is 1. The van der Waals surface area contributed by atoms with Gasteiger partial charge in [0.1, 0.15) is 18.4 Å². The SMILES string of the molecule is COCCNC(=O)Cn1cc([N+](=O)[O-])c(C)n1. The van der Waals surface area contributed by atoms with Crippen LogP contribution in [0.1, 0.15) is 5.69 Å². The van der Waals surface area contributed by atoms with Gasteiger partial charge in [-0.25, -0.2) is 0 Å². The molecule has 8 nitrogen and oxygen atoms in total. The molecular formula is C9H14N4O4. The highest BCUT2D eigenvalue weighted by molar-refractivity contribution is 5.75. The molecule has 0 aromatic carbocycles. The third-order valence-corrected chi connectivity index (χ3v) is 2.05. The third-order valence-electron chi connectivity index (χ3n) is 2.05. The van der Waals surface area contributed by atoms with Crippen molar-refractivity contribution in [3.05, 3.63) is 22.0 Å². The number of hydrogen-bond acceptors (Lipinski definition) is 5. The number of rotatable bonds is 6. The molecule has 17 heavy (non-hydrogen) atoms. The minimum Gasteiger partial charge on any atom is -0.383 e. The van der Waals surface area contributed by atoms with E-state index in [4.69, 9.17) is 4.74 Å². The number of nitrogens with one attached hydrogen (secondary N) is 1. The summed E-state index contributed by atoms with van der Waals surface area (Å²) in [6.07, 6.45) is 1.24. The molecule has 1 amide bonds. The van der Waals surface area contributed by atoms with Crippen molar-refractivity contribution in [2.24, 2.45) is 0 Å². The van der Waals surface area contributed by atoms with Crippen molar-refractivity contribution in [3.8, 4) is 0 Å². The van der Waals surface area contributed by atoms with Crippen molar-refractivity contribution in [1.29, 1.82) is 0 Å². The summed E-state index contributed by atoms with van der Waals surface area (Å²) in [6, 6.07) is 0. The summed E-state index contributed by atoms with van der Waals surface area (Å²) < 4.78 is 6.02. The number of carbonyl (C=O) groups excluding carboxylic acids is 1. The average Bonchev–Trinajstić information content (AvgIpc) is 2.60. The molecule has 0 fully saturated rings. The Labute approximate surface area is 97.7 Å². The van der Waals surface area contributed by atoms with E-state index >= 15 is 0 Å². The second kappa shape index (κ2) is 5.94. The Kier molecular flexibility index (Phi) is 4.58. The molecule has 0 radical (unpaired) electrons. The number of methoxy groups -OCH3 is 1. The van der Waals surface area contributed by atoms with Gasteiger partial charge in [0, 0.05) is 13.7 Å². The molecule has 1 rings (SSSR count). The van der Waals surface area contributed by atoms with E-state index in [0.29, 0.717) is 18.8 Å². The number of aryl methyl sites for hydroxylation is 1. The summed E-state index contributed by atoms with van der Waals surface area (Å²) >= 11 is 0. The molecule has 0 saturated heterocycles. The van der Waals surface area contributed by atoms with Crippen LogP contribution >= 0.6 is 0 Å². The lowest BCUT2D eigenvalue weighted by Crippen LogP contribution is -2.30. The standard InChI is InChI=1S/C9H14N4O4/c1-7-8(13(15)16)5-12(11-7)6-9(14)10-3-4-17-2/h5H,3-4,6H2,1-2H3,(H,10,14). The molecule has 8 heteroatoms. The monoisotopic (exact) mass is 242 g/mol. The maximum Gasteiger partial charge on any atom is 0.309 e. The van der Waals surface area contributed by atoms with E-state index in [-0.39, 0.29) is 18.1 Å². The average molecular weight is 242 g/mol. The van der Waals surface area contributed by atoms with Gasteiger partial charge >= 0.3 is 5.69 Å². The minimum absolute atomic E-state index is 0.0433. The molecule has 0 aliphatic rings. The first-order chi connectivity index (χ1) is 8.04. The number of aromatic nitrogens is 2. The van der Waals surface area contributed by atoms with Crippen molar-refractivity contribution in [2.45, 2.75) is 13.5 Å². The molecule has 1 heterocycles. The lowest BCUT2D eigenvalue weighted by molar-refractivity contribution is -0.385. The predicted molar refractivity (Wildman–Crippen MR) is 58.5 cm³/mol. The second-order valence-electron chi connectivity index (χ2n) is 3.40. The highest BCUT2D eigenvalue weighted by atomic mass is 16.6. The van der Waals surface area contributed by atoms with Gasteiger partial charge in [-0.15, -0.1) is 0 Å². The van der Waals surface area contributed by atoms with Crippen molar-refractivity contribution in [2.75, 3.05) is 20.3 Å². The van der Waals surface area contributed by atoms with Gasteiger partial charge in [-0.2, -0.15) is 5.10 Å². The number of nitro groups is 1. The first-order valence-electron chi connectivity index (χ1n) is 4.98. The van der Waals surface area contributed by atoms with Crippen LogP contribution in [0.2, 0.25) is 0 Å². The summed E-state index contributed by atoms with van der Waals surface area (Å²) in [5.74, 6) is -0.264. The van der Waals surface area contributed by atoms with Gasteiger partial charge in [-0.05, 0) is 6.92 Å². The maximum absolute atomic E-state index is 11.4. The van der Waals surface area contributed by atoms with Gasteiger partial charge in [0.15, 0.2) is 0 Å². The molecule has 1 N–H and O–H groups in total. The van der Waals surface area contributed by atoms with Gasteiger partial charge in [0.05, 0.1) is 11.5 Å². The van der Waals surface area contributed by atoms with Crippen molar-refractivity contribution >= 4 is 11.6 Å². The number of nitrogens with zero attached hydrogens (tertiary/aromatic N) is 3. The van der Waals surface area contributed by atoms with E-state index < -0.39 is 4.92 Å². The summed E-state index contributed by atoms with van der Waals surface area (Å²) in [4.78, 5) is 21.4. The fourth-order valence-corrected chi connectivity index (χ4v) is 1.26. The Hall–Kier alpha value is -1.96. The molecule has 0 spiro atoms. The normalized spacial score (nSPS) is 10.2. The van der Waals surface area contributed by atoms with Crippen LogP contribution < -0.4 is 5.32 Å². The molecule has 0 unspecified atom stereocenters. The van der Waals surface area contributed by atoms with Gasteiger partial charge in [0.2, 0.25) is 5.91 Å². The summed E-state index contributed by atoms with van der Waals surface area (Å²) in [7, 11) is 1.53. The van der Waals surface area contributed by atoms with Crippen molar-refractivity contribution < 1.29 is 14.5 Å². The van der Waals surface area contributed by atoms with Gasteiger partial charge in [-0.1, -0.05) is 0 Å². The highest BCUT2D eigenvalue weighted by Crippen LogP contribution is 2.14. The number of ether oxygens (including phenoxy) is 1. The van der Waals surface area contributed by atoms with Crippen LogP contribution in [0.5, 0.6) is 0 Å². The molecule has 0 aliphatic carbocycles. The molecule has 0 aliphatic heterocycles. The number of carbonyl (C=O) groups is 1. The Morgan fingerprint density at radius 2 is 2.41 bits per heavy atom. The maximum atomic E-state index is 11.4. The summed E-state index contributed by atoms with van der Waals surface area (Å²) in [5, 5.41) is 17.0. The smallest absolute Gasteiger partial charge is 0.309 e. The van der Waals surface area contributed by atoms with Gasteiger partial charge < -0.3 is 10.1 Å². The minimum atomic E-state index is -0.526. The zero-order valence-electron chi connectivity index (χ0n) is 9.67. The van der Waals surface area contributed by atoms with Crippen molar-refractivity contribution in [3.63, 3.8) is 0 Å². The molecule has 0 atom stereocenters. The van der Waals surface area contributed by atoms with E-state index in [1.54, 1.807) is 0 Å². The lowest BCUT2D eigenvalue weighted by atomic mass is 10.4. The molecule has 1 aromatic rings. The molecular weight excluding hydrogens is 228 g/mol. The Bertz CT molecular complexity index is 415. The van der Waals surface area contributed by atoms with E-state index in [0.717, 1.165) is 0 Å². The van der Waals surface area contributed by atoms with Crippen molar-refractivity contribution in [1.82, 2.24) is 15.1 Å². The first-order valence-corrected chi connectivity index (χ1v) is 4.98. The Morgan fingerprint density at radius 1 is 1.71 bits per heavy atom. The van der Waals surface area contributed by atoms with Crippen LogP contribution in [-0.2, 0) is 16.1 Å². The molecule has 0 bridgehead atoms. The van der Waals surface area contributed by atoms with Crippen LogP contribution in [0, 0.1) is 17.0 Å². The van der Waals surface area contributed by atoms with Gasteiger partial charge in [-0.3, -0.25) is 19.6 Å². The first kappa shape index (κ1) is 13.1. The van der Waals surface area contributed by atoms with E-state index in [9.17, 15) is 14.9 Å². The highest BCUT2D eigenvalue weighted by Gasteiger charge is 2.16. The summed E-state index contributed by atoms with van der Waals surface area (Å²) in [5.41, 5.74) is 0.203. The Balaban J connectivity index is 2.54. The second-order valence-corrected chi connectivity index (χ2v) is 3.40. The quantitative estimate of drug-likeness (QED) is 0.425. The molecule has 0 saturated carbocycles. The van der Waals surface area contributed by atoms with Crippen LogP contribution in [0.15, 0.2) is 6.20 Å². The van der Waals surface area contributed by atoms with Crippen LogP contribution in [0.4, 0.5) is 5.69 Å². The largest absolute Gasteiger partial charge is 0.383 e. The third kappa shape index (κ3) is 3.83. The molecule has 94 valence electrons. The molecule has 1 aromatic heterocycles. The van der Waals surface area contributed by atoms with E-state index in [1.807, 2.05) is 0 Å². The Morgan fingerprint density at radius 3 is 2.94 bits per heavy atom. The fraction of sp³-hybridized carbons (Fsp3) is 0.556.